The highest BCUT2D eigenvalue weighted by atomic mass is 16.5. The van der Waals surface area contributed by atoms with E-state index in [1.165, 1.54) is 0 Å². The molecule has 4 heteroatoms. The lowest BCUT2D eigenvalue weighted by molar-refractivity contribution is 0.411. The van der Waals surface area contributed by atoms with Gasteiger partial charge in [-0.3, -0.25) is 0 Å². The molecule has 4 nitrogen and oxygen atoms in total. The molecule has 0 unspecified atom stereocenters. The second kappa shape index (κ2) is 4.64. The van der Waals surface area contributed by atoms with E-state index in [1.54, 1.807) is 13.4 Å². The van der Waals surface area contributed by atoms with Gasteiger partial charge in [-0.15, -0.1) is 0 Å². The van der Waals surface area contributed by atoms with Gasteiger partial charge in [0.15, 0.2) is 0 Å². The summed E-state index contributed by atoms with van der Waals surface area (Å²) in [6, 6.07) is 4.05. The molecule has 94 valence electrons. The predicted octanol–water partition coefficient (Wildman–Crippen LogP) is 2.66. The third kappa shape index (κ3) is 2.01. The van der Waals surface area contributed by atoms with Crippen LogP contribution in [0.5, 0.6) is 5.75 Å². The normalized spacial score (nSPS) is 10.4. The molecule has 2 aromatic rings. The maximum absolute atomic E-state index is 6.05. The predicted molar refractivity (Wildman–Crippen MR) is 72.6 cm³/mol. The van der Waals surface area contributed by atoms with Crippen LogP contribution in [-0.2, 0) is 0 Å². The van der Waals surface area contributed by atoms with E-state index in [1.807, 2.05) is 32.9 Å². The molecule has 0 atom stereocenters. The van der Waals surface area contributed by atoms with Crippen LogP contribution < -0.4 is 10.5 Å². The summed E-state index contributed by atoms with van der Waals surface area (Å²) in [4.78, 5) is 8.38. The van der Waals surface area contributed by atoms with Crippen LogP contribution in [0.1, 0.15) is 16.8 Å². The number of methoxy groups -OCH3 is 1. The first-order chi connectivity index (χ1) is 8.54. The molecule has 0 saturated carbocycles. The lowest BCUT2D eigenvalue weighted by Gasteiger charge is -2.13. The number of hydrogen-bond donors (Lipinski definition) is 1. The minimum atomic E-state index is 0.630. The summed E-state index contributed by atoms with van der Waals surface area (Å²) in [5.74, 6) is 0.876. The molecule has 0 aliphatic rings. The standard InChI is InChI=1S/C14H17N3O/c1-8-6-12(18-4)9(2)5-11(8)14-13(15)10(3)16-7-17-14/h5-7H,15H2,1-4H3. The molecule has 0 aliphatic heterocycles. The molecule has 0 bridgehead atoms. The van der Waals surface area contributed by atoms with E-state index < -0.39 is 0 Å². The summed E-state index contributed by atoms with van der Waals surface area (Å²) in [7, 11) is 1.67. The molecule has 2 rings (SSSR count). The molecule has 18 heavy (non-hydrogen) atoms. The van der Waals surface area contributed by atoms with E-state index >= 15 is 0 Å². The van der Waals surface area contributed by atoms with Crippen LogP contribution in [0.2, 0.25) is 0 Å². The van der Waals surface area contributed by atoms with E-state index in [-0.39, 0.29) is 0 Å². The Morgan fingerprint density at radius 1 is 1.06 bits per heavy atom. The number of aromatic nitrogens is 2. The molecule has 1 aromatic heterocycles. The molecule has 2 N–H and O–H groups in total. The Kier molecular flexibility index (Phi) is 3.19. The monoisotopic (exact) mass is 243 g/mol. The molecule has 1 heterocycles. The first-order valence-electron chi connectivity index (χ1n) is 5.77. The molecule has 0 saturated heterocycles. The van der Waals surface area contributed by atoms with Crippen LogP contribution in [0, 0.1) is 20.8 Å². The fraction of sp³-hybridized carbons (Fsp3) is 0.286. The fourth-order valence-electron chi connectivity index (χ4n) is 1.96. The second-order valence-corrected chi connectivity index (χ2v) is 4.36. The van der Waals surface area contributed by atoms with Crippen molar-refractivity contribution in [3.63, 3.8) is 0 Å². The zero-order valence-electron chi connectivity index (χ0n) is 11.1. The third-order valence-corrected chi connectivity index (χ3v) is 3.08. The van der Waals surface area contributed by atoms with Crippen molar-refractivity contribution in [2.45, 2.75) is 20.8 Å². The first-order valence-corrected chi connectivity index (χ1v) is 5.77. The zero-order chi connectivity index (χ0) is 13.3. The van der Waals surface area contributed by atoms with Crippen molar-refractivity contribution in [3.05, 3.63) is 35.3 Å². The van der Waals surface area contributed by atoms with E-state index in [2.05, 4.69) is 9.97 Å². The van der Waals surface area contributed by atoms with Crippen molar-refractivity contribution < 1.29 is 4.74 Å². The molecular formula is C14H17N3O. The number of benzene rings is 1. The molecule has 0 spiro atoms. The molecular weight excluding hydrogens is 226 g/mol. The van der Waals surface area contributed by atoms with Gasteiger partial charge in [-0.05, 0) is 44.0 Å². The van der Waals surface area contributed by atoms with Crippen LogP contribution in [0.4, 0.5) is 5.69 Å². The highest BCUT2D eigenvalue weighted by molar-refractivity contribution is 5.77. The van der Waals surface area contributed by atoms with Gasteiger partial charge in [-0.2, -0.15) is 0 Å². The number of nitrogens with zero attached hydrogens (tertiary/aromatic N) is 2. The maximum atomic E-state index is 6.05. The van der Waals surface area contributed by atoms with Gasteiger partial charge in [0.25, 0.3) is 0 Å². The topological polar surface area (TPSA) is 61.0 Å². The van der Waals surface area contributed by atoms with Gasteiger partial charge in [0, 0.05) is 5.56 Å². The SMILES string of the molecule is COc1cc(C)c(-c2ncnc(C)c2N)cc1C. The molecule has 0 fully saturated rings. The quantitative estimate of drug-likeness (QED) is 0.880. The third-order valence-electron chi connectivity index (χ3n) is 3.08. The van der Waals surface area contributed by atoms with Crippen molar-refractivity contribution in [1.29, 1.82) is 0 Å². The van der Waals surface area contributed by atoms with Crippen molar-refractivity contribution >= 4 is 5.69 Å². The van der Waals surface area contributed by atoms with Crippen molar-refractivity contribution in [2.75, 3.05) is 12.8 Å². The average Bonchev–Trinajstić information content (AvgIpc) is 2.35. The van der Waals surface area contributed by atoms with Gasteiger partial charge in [-0.1, -0.05) is 0 Å². The molecule has 0 aliphatic carbocycles. The van der Waals surface area contributed by atoms with Crippen LogP contribution in [-0.4, -0.2) is 17.1 Å². The van der Waals surface area contributed by atoms with E-state index in [9.17, 15) is 0 Å². The Labute approximate surface area is 107 Å². The van der Waals surface area contributed by atoms with E-state index in [0.29, 0.717) is 5.69 Å². The Hall–Kier alpha value is -2.10. The van der Waals surface area contributed by atoms with E-state index in [0.717, 1.165) is 33.8 Å². The Bertz CT molecular complexity index is 594. The van der Waals surface area contributed by atoms with Crippen molar-refractivity contribution in [2.24, 2.45) is 0 Å². The Morgan fingerprint density at radius 3 is 2.44 bits per heavy atom. The van der Waals surface area contributed by atoms with Crippen molar-refractivity contribution in [1.82, 2.24) is 9.97 Å². The maximum Gasteiger partial charge on any atom is 0.122 e. The molecule has 0 radical (unpaired) electrons. The largest absolute Gasteiger partial charge is 0.496 e. The average molecular weight is 243 g/mol. The van der Waals surface area contributed by atoms with Crippen molar-refractivity contribution in [3.8, 4) is 17.0 Å². The van der Waals surface area contributed by atoms with Gasteiger partial charge in [0.05, 0.1) is 24.2 Å². The number of rotatable bonds is 2. The lowest BCUT2D eigenvalue weighted by atomic mass is 10.0. The number of ether oxygens (including phenoxy) is 1. The lowest BCUT2D eigenvalue weighted by Crippen LogP contribution is -2.00. The summed E-state index contributed by atoms with van der Waals surface area (Å²) < 4.78 is 5.31. The highest BCUT2D eigenvalue weighted by Gasteiger charge is 2.12. The van der Waals surface area contributed by atoms with Gasteiger partial charge in [0.1, 0.15) is 12.1 Å². The van der Waals surface area contributed by atoms with Crippen LogP contribution in [0.3, 0.4) is 0 Å². The summed E-state index contributed by atoms with van der Waals surface area (Å²) >= 11 is 0. The number of nitrogens with two attached hydrogens (primary N) is 1. The van der Waals surface area contributed by atoms with Crippen LogP contribution >= 0.6 is 0 Å². The van der Waals surface area contributed by atoms with Crippen LogP contribution in [0.25, 0.3) is 11.3 Å². The van der Waals surface area contributed by atoms with Crippen LogP contribution in [0.15, 0.2) is 18.5 Å². The smallest absolute Gasteiger partial charge is 0.122 e. The summed E-state index contributed by atoms with van der Waals surface area (Å²) in [6.45, 7) is 5.91. The molecule has 1 aromatic carbocycles. The second-order valence-electron chi connectivity index (χ2n) is 4.36. The zero-order valence-corrected chi connectivity index (χ0v) is 11.1. The van der Waals surface area contributed by atoms with Gasteiger partial charge in [-0.25, -0.2) is 9.97 Å². The number of aryl methyl sites for hydroxylation is 3. The summed E-state index contributed by atoms with van der Waals surface area (Å²) in [5, 5.41) is 0. The first kappa shape index (κ1) is 12.4. The van der Waals surface area contributed by atoms with Gasteiger partial charge >= 0.3 is 0 Å². The fourth-order valence-corrected chi connectivity index (χ4v) is 1.96. The molecule has 0 amide bonds. The van der Waals surface area contributed by atoms with Gasteiger partial charge < -0.3 is 10.5 Å². The minimum Gasteiger partial charge on any atom is -0.496 e. The van der Waals surface area contributed by atoms with Gasteiger partial charge in [0.2, 0.25) is 0 Å². The number of nitrogen functional groups attached to an aromatic ring is 1. The summed E-state index contributed by atoms with van der Waals surface area (Å²) in [6.07, 6.45) is 1.54. The summed E-state index contributed by atoms with van der Waals surface area (Å²) in [5.41, 5.74) is 11.4. The minimum absolute atomic E-state index is 0.630. The Morgan fingerprint density at radius 2 is 1.78 bits per heavy atom. The highest BCUT2D eigenvalue weighted by Crippen LogP contribution is 2.32. The Balaban J connectivity index is 2.64. The number of anilines is 1. The van der Waals surface area contributed by atoms with E-state index in [4.69, 9.17) is 10.5 Å². The number of hydrogen-bond acceptors (Lipinski definition) is 4.